The van der Waals surface area contributed by atoms with Crippen molar-refractivity contribution in [1.82, 2.24) is 10.5 Å². The first kappa shape index (κ1) is 17.2. The molecule has 0 fully saturated rings. The fourth-order valence-corrected chi connectivity index (χ4v) is 2.74. The van der Waals surface area contributed by atoms with Crippen molar-refractivity contribution in [3.63, 3.8) is 0 Å². The lowest BCUT2D eigenvalue weighted by Crippen LogP contribution is -2.29. The van der Waals surface area contributed by atoms with E-state index >= 15 is 0 Å². The maximum atomic E-state index is 12.6. The van der Waals surface area contributed by atoms with E-state index in [1.54, 1.807) is 31.2 Å². The van der Waals surface area contributed by atoms with Crippen molar-refractivity contribution in [3.8, 4) is 11.3 Å². The minimum atomic E-state index is -0.858. The molecule has 0 aliphatic rings. The van der Waals surface area contributed by atoms with Crippen LogP contribution in [0, 0.1) is 6.92 Å². The van der Waals surface area contributed by atoms with Crippen LogP contribution in [0.3, 0.4) is 0 Å². The second-order valence-corrected chi connectivity index (χ2v) is 6.05. The van der Waals surface area contributed by atoms with Gasteiger partial charge in [-0.05, 0) is 24.6 Å². The molecule has 2 aromatic carbocycles. The number of carbonyl (C=O) groups is 1. The molecule has 0 saturated carbocycles. The number of halogens is 1. The van der Waals surface area contributed by atoms with E-state index in [0.29, 0.717) is 27.6 Å². The van der Waals surface area contributed by atoms with E-state index in [9.17, 15) is 9.90 Å². The molecule has 1 heterocycles. The Bertz CT molecular complexity index is 877. The molecule has 6 heteroatoms. The van der Waals surface area contributed by atoms with Crippen LogP contribution in [-0.2, 0) is 0 Å². The molecule has 0 spiro atoms. The molecule has 0 bridgehead atoms. The number of aliphatic hydroxyl groups excluding tert-OH is 1. The molecule has 25 heavy (non-hydrogen) atoms. The van der Waals surface area contributed by atoms with Crippen molar-refractivity contribution in [2.24, 2.45) is 0 Å². The predicted octanol–water partition coefficient (Wildman–Crippen LogP) is 3.77. The Balaban J connectivity index is 1.75. The van der Waals surface area contributed by atoms with Gasteiger partial charge in [-0.3, -0.25) is 4.79 Å². The molecule has 2 N–H and O–H groups in total. The summed E-state index contributed by atoms with van der Waals surface area (Å²) in [5, 5.41) is 17.5. The average molecular weight is 357 g/mol. The number of aryl methyl sites for hydroxylation is 1. The number of nitrogens with one attached hydrogen (secondary N) is 1. The average Bonchev–Trinajstić information content (AvgIpc) is 3.02. The zero-order valence-corrected chi connectivity index (χ0v) is 14.3. The quantitative estimate of drug-likeness (QED) is 0.729. The van der Waals surface area contributed by atoms with Crippen molar-refractivity contribution >= 4 is 17.5 Å². The van der Waals surface area contributed by atoms with Crippen molar-refractivity contribution in [1.29, 1.82) is 0 Å². The second-order valence-electron chi connectivity index (χ2n) is 5.61. The summed E-state index contributed by atoms with van der Waals surface area (Å²) in [7, 11) is 0. The summed E-state index contributed by atoms with van der Waals surface area (Å²) in [4.78, 5) is 12.6. The molecule has 1 amide bonds. The number of benzene rings is 2. The highest BCUT2D eigenvalue weighted by Gasteiger charge is 2.22. The number of carbonyl (C=O) groups excluding carboxylic acids is 1. The molecular formula is C19H17ClN2O3. The first-order valence-electron chi connectivity index (χ1n) is 7.79. The van der Waals surface area contributed by atoms with E-state index in [1.807, 2.05) is 30.3 Å². The lowest BCUT2D eigenvalue weighted by atomic mass is 10.1. The van der Waals surface area contributed by atoms with Gasteiger partial charge in [-0.1, -0.05) is 59.2 Å². The van der Waals surface area contributed by atoms with Crippen LogP contribution in [0.1, 0.15) is 27.8 Å². The number of aliphatic hydroxyl groups is 1. The summed E-state index contributed by atoms with van der Waals surface area (Å²) in [6, 6.07) is 16.2. The smallest absolute Gasteiger partial charge is 0.257 e. The number of hydrogen-bond acceptors (Lipinski definition) is 4. The van der Waals surface area contributed by atoms with E-state index < -0.39 is 6.10 Å². The third kappa shape index (κ3) is 3.90. The molecule has 0 unspecified atom stereocenters. The second kappa shape index (κ2) is 7.51. The Labute approximate surface area is 150 Å². The zero-order chi connectivity index (χ0) is 17.8. The van der Waals surface area contributed by atoms with Crippen LogP contribution in [0.15, 0.2) is 59.1 Å². The summed E-state index contributed by atoms with van der Waals surface area (Å²) in [5.41, 5.74) is 2.27. The van der Waals surface area contributed by atoms with Gasteiger partial charge in [-0.25, -0.2) is 0 Å². The van der Waals surface area contributed by atoms with Crippen LogP contribution in [0.5, 0.6) is 0 Å². The fraction of sp³-hybridized carbons (Fsp3) is 0.158. The number of hydrogen-bond donors (Lipinski definition) is 2. The van der Waals surface area contributed by atoms with Crippen LogP contribution in [0.2, 0.25) is 5.02 Å². The summed E-state index contributed by atoms with van der Waals surface area (Å²) in [6.45, 7) is 1.74. The topological polar surface area (TPSA) is 75.4 Å². The van der Waals surface area contributed by atoms with Gasteiger partial charge in [0.1, 0.15) is 17.0 Å². The van der Waals surface area contributed by atoms with Crippen molar-refractivity contribution in [3.05, 3.63) is 76.5 Å². The Morgan fingerprint density at radius 3 is 2.72 bits per heavy atom. The minimum Gasteiger partial charge on any atom is -0.387 e. The number of aromatic nitrogens is 1. The normalized spacial score (nSPS) is 12.0. The fourth-order valence-electron chi connectivity index (χ4n) is 2.54. The van der Waals surface area contributed by atoms with E-state index in [4.69, 9.17) is 16.1 Å². The van der Waals surface area contributed by atoms with Gasteiger partial charge in [0.25, 0.3) is 5.91 Å². The standard InChI is InChI=1S/C19H17ClN2O3/c1-12-17(18(22-25-12)13-6-3-2-4-7-13)19(24)21-11-16(23)14-8-5-9-15(20)10-14/h2-10,16,23H,11H2,1H3,(H,21,24)/t16-/m0/s1. The third-order valence-corrected chi connectivity index (χ3v) is 4.06. The summed E-state index contributed by atoms with van der Waals surface area (Å²) >= 11 is 5.92. The molecule has 0 radical (unpaired) electrons. The minimum absolute atomic E-state index is 0.0536. The number of amides is 1. The van der Waals surface area contributed by atoms with Gasteiger partial charge in [0.15, 0.2) is 0 Å². The largest absolute Gasteiger partial charge is 0.387 e. The molecule has 1 aromatic heterocycles. The van der Waals surface area contributed by atoms with Crippen molar-refractivity contribution < 1.29 is 14.4 Å². The Kier molecular flexibility index (Phi) is 5.16. The zero-order valence-electron chi connectivity index (χ0n) is 13.6. The van der Waals surface area contributed by atoms with Gasteiger partial charge >= 0.3 is 0 Å². The lowest BCUT2D eigenvalue weighted by Gasteiger charge is -2.12. The lowest BCUT2D eigenvalue weighted by molar-refractivity contribution is 0.0915. The van der Waals surface area contributed by atoms with Gasteiger partial charge in [-0.2, -0.15) is 0 Å². The maximum absolute atomic E-state index is 12.6. The van der Waals surface area contributed by atoms with Crippen LogP contribution >= 0.6 is 11.6 Å². The van der Waals surface area contributed by atoms with Crippen molar-refractivity contribution in [2.75, 3.05) is 6.54 Å². The maximum Gasteiger partial charge on any atom is 0.257 e. The molecule has 1 atom stereocenters. The van der Waals surface area contributed by atoms with E-state index in [2.05, 4.69) is 10.5 Å². The molecule has 0 aliphatic heterocycles. The molecule has 128 valence electrons. The van der Waals surface area contributed by atoms with Crippen LogP contribution in [0.4, 0.5) is 0 Å². The first-order chi connectivity index (χ1) is 12.1. The van der Waals surface area contributed by atoms with Crippen LogP contribution in [-0.4, -0.2) is 22.7 Å². The van der Waals surface area contributed by atoms with Gasteiger partial charge in [-0.15, -0.1) is 0 Å². The Morgan fingerprint density at radius 2 is 2.00 bits per heavy atom. The van der Waals surface area contributed by atoms with Gasteiger partial charge in [0.05, 0.1) is 6.10 Å². The van der Waals surface area contributed by atoms with E-state index in [-0.39, 0.29) is 12.5 Å². The highest BCUT2D eigenvalue weighted by Crippen LogP contribution is 2.25. The SMILES string of the molecule is Cc1onc(-c2ccccc2)c1C(=O)NC[C@H](O)c1cccc(Cl)c1. The Hall–Kier alpha value is -2.63. The Morgan fingerprint density at radius 1 is 1.24 bits per heavy atom. The molecule has 5 nitrogen and oxygen atoms in total. The summed E-state index contributed by atoms with van der Waals surface area (Å²) in [5.74, 6) is 0.0762. The van der Waals surface area contributed by atoms with Gasteiger partial charge in [0, 0.05) is 17.1 Å². The third-order valence-electron chi connectivity index (χ3n) is 3.83. The highest BCUT2D eigenvalue weighted by molar-refractivity contribution is 6.30. The van der Waals surface area contributed by atoms with Crippen LogP contribution in [0.25, 0.3) is 11.3 Å². The summed E-state index contributed by atoms with van der Waals surface area (Å²) in [6.07, 6.45) is -0.858. The molecular weight excluding hydrogens is 340 g/mol. The molecule has 3 rings (SSSR count). The van der Waals surface area contributed by atoms with Crippen molar-refractivity contribution in [2.45, 2.75) is 13.0 Å². The van der Waals surface area contributed by atoms with E-state index in [0.717, 1.165) is 5.56 Å². The molecule has 0 saturated heterocycles. The van der Waals surface area contributed by atoms with Gasteiger partial charge < -0.3 is 14.9 Å². The first-order valence-corrected chi connectivity index (χ1v) is 8.17. The predicted molar refractivity (Wildman–Crippen MR) is 95.4 cm³/mol. The molecule has 0 aliphatic carbocycles. The molecule has 3 aromatic rings. The van der Waals surface area contributed by atoms with Gasteiger partial charge in [0.2, 0.25) is 0 Å². The number of rotatable bonds is 5. The van der Waals surface area contributed by atoms with Crippen LogP contribution < -0.4 is 5.32 Å². The summed E-state index contributed by atoms with van der Waals surface area (Å²) < 4.78 is 5.19. The van der Waals surface area contributed by atoms with E-state index in [1.165, 1.54) is 0 Å². The number of nitrogens with zero attached hydrogens (tertiary/aromatic N) is 1. The monoisotopic (exact) mass is 356 g/mol. The highest BCUT2D eigenvalue weighted by atomic mass is 35.5.